The number of amides is 1. The Kier molecular flexibility index (Phi) is 10.9. The first-order valence-electron chi connectivity index (χ1n) is 13.1. The number of piperazine rings is 1. The second kappa shape index (κ2) is 14.0. The molecule has 2 aromatic carbocycles. The zero-order valence-electron chi connectivity index (χ0n) is 22.0. The second-order valence-corrected chi connectivity index (χ2v) is 13.2. The van der Waals surface area contributed by atoms with Crippen LogP contribution in [0, 0.1) is 0 Å². The minimum absolute atomic E-state index is 0.0236. The standard InChI is InChI=1S/C27H35Cl3N4O4S/c1-32-10-12-33(13-11-32)17-21-7-5-20(6-8-21)16-31-26(35)19-38-18-23-4-2-3-9-34(23)39(36,37)27-24(29)14-22(28)15-25(27)30/h5-8,14-15,23H,2-4,9-13,16-19H2,1H3,(H,31,35). The maximum absolute atomic E-state index is 13.4. The number of piperidine rings is 1. The molecule has 1 atom stereocenters. The van der Waals surface area contributed by atoms with E-state index in [4.69, 9.17) is 39.5 Å². The van der Waals surface area contributed by atoms with Crippen LogP contribution in [0.25, 0.3) is 0 Å². The Morgan fingerprint density at radius 2 is 1.62 bits per heavy atom. The van der Waals surface area contributed by atoms with Crippen LogP contribution in [-0.4, -0.2) is 87.5 Å². The Morgan fingerprint density at radius 1 is 0.974 bits per heavy atom. The zero-order valence-corrected chi connectivity index (χ0v) is 25.1. The van der Waals surface area contributed by atoms with Crippen LogP contribution in [0.1, 0.15) is 30.4 Å². The van der Waals surface area contributed by atoms with E-state index in [2.05, 4.69) is 34.3 Å². The van der Waals surface area contributed by atoms with Crippen molar-refractivity contribution in [3.63, 3.8) is 0 Å². The van der Waals surface area contributed by atoms with Crippen molar-refractivity contribution in [3.8, 4) is 0 Å². The predicted molar refractivity (Wildman–Crippen MR) is 155 cm³/mol. The van der Waals surface area contributed by atoms with Crippen LogP contribution in [0.2, 0.25) is 15.1 Å². The molecular formula is C27H35Cl3N4O4S. The first-order valence-corrected chi connectivity index (χ1v) is 15.7. The molecule has 0 radical (unpaired) electrons. The molecule has 1 unspecified atom stereocenters. The van der Waals surface area contributed by atoms with Crippen molar-refractivity contribution >= 4 is 50.7 Å². The summed E-state index contributed by atoms with van der Waals surface area (Å²) in [7, 11) is -1.83. The number of nitrogens with one attached hydrogen (secondary N) is 1. The molecule has 1 N–H and O–H groups in total. The van der Waals surface area contributed by atoms with Crippen LogP contribution >= 0.6 is 34.8 Å². The molecule has 2 aliphatic heterocycles. The lowest BCUT2D eigenvalue weighted by atomic mass is 10.1. The van der Waals surface area contributed by atoms with Crippen LogP contribution in [0.3, 0.4) is 0 Å². The fourth-order valence-electron chi connectivity index (χ4n) is 4.92. The fraction of sp³-hybridized carbons (Fsp3) is 0.519. The highest BCUT2D eigenvalue weighted by Crippen LogP contribution is 2.36. The molecule has 4 rings (SSSR count). The summed E-state index contributed by atoms with van der Waals surface area (Å²) >= 11 is 18.4. The highest BCUT2D eigenvalue weighted by molar-refractivity contribution is 7.89. The summed E-state index contributed by atoms with van der Waals surface area (Å²) in [5.74, 6) is -0.259. The van der Waals surface area contributed by atoms with E-state index in [1.807, 2.05) is 12.1 Å². The molecule has 0 saturated carbocycles. The van der Waals surface area contributed by atoms with E-state index >= 15 is 0 Å². The second-order valence-electron chi connectivity index (χ2n) is 10.2. The molecule has 2 saturated heterocycles. The average molecular weight is 618 g/mol. The number of halogens is 3. The van der Waals surface area contributed by atoms with Crippen LogP contribution in [0.15, 0.2) is 41.3 Å². The van der Waals surface area contributed by atoms with E-state index in [0.717, 1.165) is 44.7 Å². The highest BCUT2D eigenvalue weighted by Gasteiger charge is 2.36. The summed E-state index contributed by atoms with van der Waals surface area (Å²) in [5.41, 5.74) is 2.26. The molecule has 0 aromatic heterocycles. The van der Waals surface area contributed by atoms with Gasteiger partial charge in [-0.25, -0.2) is 8.42 Å². The van der Waals surface area contributed by atoms with Crippen molar-refractivity contribution < 1.29 is 17.9 Å². The van der Waals surface area contributed by atoms with Crippen molar-refractivity contribution in [1.82, 2.24) is 19.4 Å². The van der Waals surface area contributed by atoms with Gasteiger partial charge in [0.05, 0.1) is 16.7 Å². The topological polar surface area (TPSA) is 82.2 Å². The first-order chi connectivity index (χ1) is 18.6. The number of rotatable bonds is 10. The quantitative estimate of drug-likeness (QED) is 0.429. The van der Waals surface area contributed by atoms with Crippen molar-refractivity contribution in [3.05, 3.63) is 62.6 Å². The van der Waals surface area contributed by atoms with Gasteiger partial charge in [-0.3, -0.25) is 9.69 Å². The molecule has 0 aliphatic carbocycles. The Hall–Kier alpha value is -1.43. The van der Waals surface area contributed by atoms with Gasteiger partial charge in [0.25, 0.3) is 0 Å². The van der Waals surface area contributed by atoms with E-state index in [1.165, 1.54) is 22.0 Å². The third kappa shape index (κ3) is 8.30. The van der Waals surface area contributed by atoms with Gasteiger partial charge in [-0.2, -0.15) is 4.31 Å². The van der Waals surface area contributed by atoms with E-state index in [9.17, 15) is 13.2 Å². The van der Waals surface area contributed by atoms with Gasteiger partial charge in [0, 0.05) is 56.9 Å². The summed E-state index contributed by atoms with van der Waals surface area (Å²) in [4.78, 5) is 17.0. The van der Waals surface area contributed by atoms with Gasteiger partial charge in [-0.1, -0.05) is 65.5 Å². The van der Waals surface area contributed by atoms with Gasteiger partial charge in [0.2, 0.25) is 15.9 Å². The molecule has 0 spiro atoms. The summed E-state index contributed by atoms with van der Waals surface area (Å²) in [6.45, 7) is 5.90. The lowest BCUT2D eigenvalue weighted by Gasteiger charge is -2.34. The third-order valence-corrected chi connectivity index (χ3v) is 10.3. The summed E-state index contributed by atoms with van der Waals surface area (Å²) in [5, 5.41) is 3.08. The molecule has 1 amide bonds. The molecule has 0 bridgehead atoms. The Morgan fingerprint density at radius 3 is 2.28 bits per heavy atom. The predicted octanol–water partition coefficient (Wildman–Crippen LogP) is 4.27. The zero-order chi connectivity index (χ0) is 28.0. The molecule has 39 heavy (non-hydrogen) atoms. The van der Waals surface area contributed by atoms with E-state index < -0.39 is 16.1 Å². The summed E-state index contributed by atoms with van der Waals surface area (Å²) < 4.78 is 33.9. The van der Waals surface area contributed by atoms with Crippen LogP contribution in [0.4, 0.5) is 0 Å². The third-order valence-electron chi connectivity index (χ3n) is 7.16. The Balaban J connectivity index is 1.24. The maximum atomic E-state index is 13.4. The maximum Gasteiger partial charge on any atom is 0.246 e. The molecule has 2 heterocycles. The highest BCUT2D eigenvalue weighted by atomic mass is 35.5. The number of nitrogens with zero attached hydrogens (tertiary/aromatic N) is 3. The van der Waals surface area contributed by atoms with E-state index in [0.29, 0.717) is 25.9 Å². The number of hydrogen-bond acceptors (Lipinski definition) is 6. The minimum Gasteiger partial charge on any atom is -0.370 e. The normalized spacial score (nSPS) is 19.7. The van der Waals surface area contributed by atoms with Gasteiger partial charge in [-0.15, -0.1) is 0 Å². The van der Waals surface area contributed by atoms with Crippen LogP contribution < -0.4 is 5.32 Å². The molecule has 2 aromatic rings. The number of sulfonamides is 1. The largest absolute Gasteiger partial charge is 0.370 e. The van der Waals surface area contributed by atoms with Gasteiger partial charge >= 0.3 is 0 Å². The first kappa shape index (κ1) is 30.5. The molecule has 2 aliphatic rings. The number of carbonyl (C=O) groups is 1. The Bertz CT molecular complexity index is 1220. The molecule has 2 fully saturated rings. The Labute approximate surface area is 246 Å². The number of carbonyl (C=O) groups excluding carboxylic acids is 1. The van der Waals surface area contributed by atoms with Gasteiger partial charge in [0.15, 0.2) is 0 Å². The summed E-state index contributed by atoms with van der Waals surface area (Å²) in [6, 6.07) is 10.6. The number of likely N-dealkylation sites (N-methyl/N-ethyl adjacent to an activating group) is 1. The van der Waals surface area contributed by atoms with Crippen LogP contribution in [0.5, 0.6) is 0 Å². The summed E-state index contributed by atoms with van der Waals surface area (Å²) in [6.07, 6.45) is 2.19. The monoisotopic (exact) mass is 616 g/mol. The van der Waals surface area contributed by atoms with Crippen LogP contribution in [-0.2, 0) is 32.6 Å². The minimum atomic E-state index is -3.98. The number of hydrogen-bond donors (Lipinski definition) is 1. The van der Waals surface area contributed by atoms with Crippen molar-refractivity contribution in [2.45, 2.75) is 43.3 Å². The SMILES string of the molecule is CN1CCN(Cc2ccc(CNC(=O)COCC3CCCCN3S(=O)(=O)c3c(Cl)cc(Cl)cc3Cl)cc2)CC1. The molecule has 8 nitrogen and oxygen atoms in total. The van der Waals surface area contributed by atoms with E-state index in [1.54, 1.807) is 0 Å². The number of ether oxygens (including phenoxy) is 1. The lowest BCUT2D eigenvalue weighted by molar-refractivity contribution is -0.126. The van der Waals surface area contributed by atoms with E-state index in [-0.39, 0.29) is 39.1 Å². The number of benzene rings is 2. The smallest absolute Gasteiger partial charge is 0.246 e. The van der Waals surface area contributed by atoms with Gasteiger partial charge < -0.3 is 15.0 Å². The van der Waals surface area contributed by atoms with Crippen molar-refractivity contribution in [2.75, 3.05) is 53.0 Å². The lowest BCUT2D eigenvalue weighted by Crippen LogP contribution is -2.46. The fourth-order valence-corrected chi connectivity index (χ4v) is 8.09. The van der Waals surface area contributed by atoms with Crippen molar-refractivity contribution in [2.24, 2.45) is 0 Å². The molecule has 12 heteroatoms. The average Bonchev–Trinajstić information content (AvgIpc) is 2.89. The van der Waals surface area contributed by atoms with Gasteiger partial charge in [-0.05, 0) is 43.1 Å². The molecule has 214 valence electrons. The van der Waals surface area contributed by atoms with Gasteiger partial charge in [0.1, 0.15) is 11.5 Å². The van der Waals surface area contributed by atoms with Crippen molar-refractivity contribution in [1.29, 1.82) is 0 Å². The molecular weight excluding hydrogens is 583 g/mol.